The molecule has 1 aromatic carbocycles. The molecule has 0 N–H and O–H groups in total. The summed E-state index contributed by atoms with van der Waals surface area (Å²) in [4.78, 5) is 41.4. The molecular formula is C21H26N2O6. The molecule has 1 heterocycles. The Balaban J connectivity index is 2.73. The number of para-hydroxylation sites is 1. The molecule has 8 nitrogen and oxygen atoms in total. The zero-order valence-electron chi connectivity index (χ0n) is 17.5. The fourth-order valence-corrected chi connectivity index (χ4v) is 3.44. The number of carbonyl (C=O) groups excluding carboxylic acids is 2. The first-order valence-corrected chi connectivity index (χ1v) is 9.45. The Hall–Kier alpha value is -3.03. The minimum atomic E-state index is -0.975. The summed E-state index contributed by atoms with van der Waals surface area (Å²) >= 11 is 0. The van der Waals surface area contributed by atoms with Crippen LogP contribution in [0, 0.1) is 16.0 Å². The van der Waals surface area contributed by atoms with E-state index in [0.717, 1.165) is 0 Å². The van der Waals surface area contributed by atoms with Crippen molar-refractivity contribution in [1.82, 2.24) is 0 Å². The number of benzene rings is 1. The van der Waals surface area contributed by atoms with Crippen molar-refractivity contribution in [3.8, 4) is 0 Å². The summed E-state index contributed by atoms with van der Waals surface area (Å²) in [6.45, 7) is 10.1. The third-order valence-corrected chi connectivity index (χ3v) is 4.47. The summed E-state index contributed by atoms with van der Waals surface area (Å²) in [7, 11) is 0. The highest BCUT2D eigenvalue weighted by Gasteiger charge is 2.45. The number of carbonyl (C=O) groups is 2. The molecule has 0 aromatic heterocycles. The quantitative estimate of drug-likeness (QED) is 0.405. The zero-order chi connectivity index (χ0) is 21.9. The monoisotopic (exact) mass is 402 g/mol. The van der Waals surface area contributed by atoms with Crippen LogP contribution in [0.25, 0.3) is 0 Å². The molecule has 0 bridgehead atoms. The number of allylic oxidation sites excluding steroid dienone is 1. The van der Waals surface area contributed by atoms with Crippen LogP contribution in [0.5, 0.6) is 0 Å². The van der Waals surface area contributed by atoms with Gasteiger partial charge in [0.15, 0.2) is 0 Å². The molecule has 0 saturated carbocycles. The number of nitrogens with zero attached hydrogens (tertiary/aromatic N) is 2. The van der Waals surface area contributed by atoms with Crippen LogP contribution in [-0.4, -0.2) is 34.8 Å². The van der Waals surface area contributed by atoms with E-state index in [9.17, 15) is 19.7 Å². The second-order valence-corrected chi connectivity index (χ2v) is 7.46. The van der Waals surface area contributed by atoms with E-state index in [4.69, 9.17) is 9.47 Å². The van der Waals surface area contributed by atoms with Gasteiger partial charge in [-0.25, -0.2) is 4.79 Å². The van der Waals surface area contributed by atoms with Crippen LogP contribution in [0.15, 0.2) is 40.5 Å². The van der Waals surface area contributed by atoms with Crippen LogP contribution in [0.3, 0.4) is 0 Å². The van der Waals surface area contributed by atoms with Crippen molar-refractivity contribution in [3.05, 3.63) is 51.2 Å². The molecule has 156 valence electrons. The van der Waals surface area contributed by atoms with Crippen LogP contribution in [0.1, 0.15) is 53.0 Å². The third-order valence-electron chi connectivity index (χ3n) is 4.47. The van der Waals surface area contributed by atoms with E-state index in [2.05, 4.69) is 4.99 Å². The first-order chi connectivity index (χ1) is 13.5. The molecule has 2 atom stereocenters. The van der Waals surface area contributed by atoms with Gasteiger partial charge in [-0.2, -0.15) is 0 Å². The molecule has 8 heteroatoms. The number of ether oxygens (including phenoxy) is 2. The van der Waals surface area contributed by atoms with Gasteiger partial charge in [0, 0.05) is 29.0 Å². The van der Waals surface area contributed by atoms with E-state index >= 15 is 0 Å². The number of nitro benzene ring substituents is 1. The van der Waals surface area contributed by atoms with Crippen molar-refractivity contribution in [3.63, 3.8) is 0 Å². The van der Waals surface area contributed by atoms with Crippen LogP contribution in [0.4, 0.5) is 5.69 Å². The molecule has 1 aliphatic rings. The van der Waals surface area contributed by atoms with E-state index in [1.807, 2.05) is 0 Å². The Kier molecular flexibility index (Phi) is 6.89. The predicted molar refractivity (Wildman–Crippen MR) is 108 cm³/mol. The maximum absolute atomic E-state index is 12.9. The van der Waals surface area contributed by atoms with Gasteiger partial charge in [0.05, 0.1) is 22.7 Å². The second-order valence-electron chi connectivity index (χ2n) is 7.46. The molecule has 29 heavy (non-hydrogen) atoms. The minimum Gasteiger partial charge on any atom is -0.462 e. The van der Waals surface area contributed by atoms with E-state index in [1.54, 1.807) is 53.7 Å². The highest BCUT2D eigenvalue weighted by Crippen LogP contribution is 2.43. The van der Waals surface area contributed by atoms with Gasteiger partial charge in [-0.05, 0) is 41.5 Å². The fourth-order valence-electron chi connectivity index (χ4n) is 3.44. The zero-order valence-corrected chi connectivity index (χ0v) is 17.5. The van der Waals surface area contributed by atoms with Gasteiger partial charge in [0.2, 0.25) is 0 Å². The van der Waals surface area contributed by atoms with E-state index in [0.29, 0.717) is 11.4 Å². The van der Waals surface area contributed by atoms with Crippen molar-refractivity contribution in [2.75, 3.05) is 0 Å². The topological polar surface area (TPSA) is 108 Å². The molecular weight excluding hydrogens is 376 g/mol. The standard InChI is InChI=1S/C21H26N2O6/c1-11(2)28-20(24)17-13(5)22-14(6)18(21(25)29-12(3)4)19(17)15-9-7-8-10-16(15)23(26)27/h7-12,17,19H,1-6H3. The fraction of sp³-hybridized carbons (Fsp3) is 0.476. The van der Waals surface area contributed by atoms with Crippen molar-refractivity contribution in [2.24, 2.45) is 10.9 Å². The molecule has 0 saturated heterocycles. The van der Waals surface area contributed by atoms with Gasteiger partial charge in [0.25, 0.3) is 5.69 Å². The largest absolute Gasteiger partial charge is 0.462 e. The van der Waals surface area contributed by atoms with Crippen molar-refractivity contribution in [1.29, 1.82) is 0 Å². The Morgan fingerprint density at radius 3 is 2.21 bits per heavy atom. The van der Waals surface area contributed by atoms with Crippen molar-refractivity contribution in [2.45, 2.75) is 59.7 Å². The molecule has 0 aliphatic carbocycles. The molecule has 0 radical (unpaired) electrons. The molecule has 0 spiro atoms. The molecule has 1 aromatic rings. The molecule has 2 rings (SSSR count). The van der Waals surface area contributed by atoms with E-state index in [-0.39, 0.29) is 22.9 Å². The lowest BCUT2D eigenvalue weighted by Crippen LogP contribution is -2.38. The van der Waals surface area contributed by atoms with Gasteiger partial charge >= 0.3 is 11.9 Å². The lowest BCUT2D eigenvalue weighted by molar-refractivity contribution is -0.385. The predicted octanol–water partition coefficient (Wildman–Crippen LogP) is 3.95. The Labute approximate surface area is 169 Å². The lowest BCUT2D eigenvalue weighted by atomic mass is 9.75. The maximum atomic E-state index is 12.9. The second kappa shape index (κ2) is 8.98. The van der Waals surface area contributed by atoms with Crippen molar-refractivity contribution < 1.29 is 24.0 Å². The number of aliphatic imine (C=N–C) groups is 1. The average Bonchev–Trinajstić information content (AvgIpc) is 2.59. The summed E-state index contributed by atoms with van der Waals surface area (Å²) in [6.07, 6.45) is -0.790. The van der Waals surface area contributed by atoms with Crippen LogP contribution >= 0.6 is 0 Å². The molecule has 0 amide bonds. The number of hydrogen-bond donors (Lipinski definition) is 0. The average molecular weight is 402 g/mol. The van der Waals surface area contributed by atoms with Crippen molar-refractivity contribution >= 4 is 23.3 Å². The van der Waals surface area contributed by atoms with Gasteiger partial charge in [-0.1, -0.05) is 18.2 Å². The number of rotatable bonds is 6. The maximum Gasteiger partial charge on any atom is 0.336 e. The summed E-state index contributed by atoms with van der Waals surface area (Å²) in [6, 6.07) is 6.07. The van der Waals surface area contributed by atoms with Crippen LogP contribution in [0.2, 0.25) is 0 Å². The Morgan fingerprint density at radius 1 is 1.07 bits per heavy atom. The highest BCUT2D eigenvalue weighted by atomic mass is 16.6. The Bertz CT molecular complexity index is 885. The number of nitro groups is 1. The van der Waals surface area contributed by atoms with Gasteiger partial charge in [0.1, 0.15) is 5.92 Å². The summed E-state index contributed by atoms with van der Waals surface area (Å²) in [5, 5.41) is 11.7. The first kappa shape index (κ1) is 22.3. The van der Waals surface area contributed by atoms with Crippen LogP contribution in [-0.2, 0) is 19.1 Å². The number of hydrogen-bond acceptors (Lipinski definition) is 7. The van der Waals surface area contributed by atoms with Crippen LogP contribution < -0.4 is 0 Å². The van der Waals surface area contributed by atoms with Gasteiger partial charge in [-0.3, -0.25) is 19.9 Å². The molecule has 1 aliphatic heterocycles. The van der Waals surface area contributed by atoms with Gasteiger partial charge < -0.3 is 9.47 Å². The van der Waals surface area contributed by atoms with E-state index < -0.39 is 34.8 Å². The highest BCUT2D eigenvalue weighted by molar-refractivity contribution is 6.07. The first-order valence-electron chi connectivity index (χ1n) is 9.45. The minimum absolute atomic E-state index is 0.129. The summed E-state index contributed by atoms with van der Waals surface area (Å²) < 4.78 is 10.8. The van der Waals surface area contributed by atoms with Gasteiger partial charge in [-0.15, -0.1) is 0 Å². The normalized spacial score (nSPS) is 19.2. The number of esters is 2. The van der Waals surface area contributed by atoms with E-state index in [1.165, 1.54) is 12.1 Å². The molecule has 0 fully saturated rings. The lowest BCUT2D eigenvalue weighted by Gasteiger charge is -2.32. The third kappa shape index (κ3) is 4.88. The Morgan fingerprint density at radius 2 is 1.66 bits per heavy atom. The smallest absolute Gasteiger partial charge is 0.336 e. The molecule has 2 unspecified atom stereocenters. The summed E-state index contributed by atoms with van der Waals surface area (Å²) in [5.41, 5.74) is 0.983. The SMILES string of the molecule is CC1=NC(C)=C(C(=O)OC(C)C)C(c2ccccc2[N+](=O)[O-])C1C(=O)OC(C)C. The summed E-state index contributed by atoms with van der Waals surface area (Å²) in [5.74, 6) is -3.16.